The van der Waals surface area contributed by atoms with Crippen LogP contribution in [0.25, 0.3) is 76.8 Å². The van der Waals surface area contributed by atoms with Crippen molar-refractivity contribution < 1.29 is 0 Å². The highest BCUT2D eigenvalue weighted by atomic mass is 15.1. The van der Waals surface area contributed by atoms with E-state index in [9.17, 15) is 0 Å². The molecule has 0 atom stereocenters. The van der Waals surface area contributed by atoms with Gasteiger partial charge in [-0.15, -0.1) is 0 Å². The molecule has 0 N–H and O–H groups in total. The van der Waals surface area contributed by atoms with Crippen molar-refractivity contribution in [1.29, 1.82) is 0 Å². The molecular formula is C54H37N. The second kappa shape index (κ2) is 14.0. The quantitative estimate of drug-likeness (QED) is 0.150. The van der Waals surface area contributed by atoms with Crippen LogP contribution in [0.4, 0.5) is 17.1 Å². The van der Waals surface area contributed by atoms with Gasteiger partial charge in [0, 0.05) is 16.9 Å². The third-order valence-corrected chi connectivity index (χ3v) is 10.8. The van der Waals surface area contributed by atoms with Crippen LogP contribution in [0.1, 0.15) is 0 Å². The number of anilines is 3. The number of rotatable bonds is 7. The lowest BCUT2D eigenvalue weighted by Gasteiger charge is -2.29. The Morgan fingerprint density at radius 2 is 0.800 bits per heavy atom. The van der Waals surface area contributed by atoms with E-state index in [4.69, 9.17) is 0 Å². The zero-order valence-corrected chi connectivity index (χ0v) is 30.3. The second-order valence-electron chi connectivity index (χ2n) is 14.1. The summed E-state index contributed by atoms with van der Waals surface area (Å²) in [4.78, 5) is 2.42. The zero-order chi connectivity index (χ0) is 36.6. The molecule has 10 rings (SSSR count). The van der Waals surface area contributed by atoms with Gasteiger partial charge in [-0.3, -0.25) is 0 Å². The lowest BCUT2D eigenvalue weighted by molar-refractivity contribution is 1.28. The van der Waals surface area contributed by atoms with Gasteiger partial charge in [0.2, 0.25) is 0 Å². The molecule has 10 aromatic rings. The monoisotopic (exact) mass is 699 g/mol. The first-order valence-electron chi connectivity index (χ1n) is 18.9. The third kappa shape index (κ3) is 6.02. The molecule has 258 valence electrons. The summed E-state index contributed by atoms with van der Waals surface area (Å²) in [6, 6.07) is 81.5. The van der Waals surface area contributed by atoms with Gasteiger partial charge in [0.25, 0.3) is 0 Å². The molecule has 10 aromatic carbocycles. The summed E-state index contributed by atoms with van der Waals surface area (Å²) in [5.74, 6) is 0. The molecule has 0 bridgehead atoms. The molecule has 0 fully saturated rings. The molecule has 0 aliphatic carbocycles. The summed E-state index contributed by atoms with van der Waals surface area (Å²) >= 11 is 0. The Bertz CT molecular complexity index is 2960. The molecule has 0 aliphatic rings. The van der Waals surface area contributed by atoms with Crippen molar-refractivity contribution in [3.8, 4) is 44.5 Å². The smallest absolute Gasteiger partial charge is 0.0540 e. The van der Waals surface area contributed by atoms with Crippen LogP contribution >= 0.6 is 0 Å². The maximum atomic E-state index is 2.42. The molecule has 0 aliphatic heterocycles. The van der Waals surface area contributed by atoms with E-state index in [1.54, 1.807) is 0 Å². The SMILES string of the molecule is c1ccc(-c2cccc(N(c3ccc(-c4cccc5ccccc45)cc3)c3ccc(-c4cc5ccccc5c5ccccc45)cc3-c3ccccc3)c2)cc1. The van der Waals surface area contributed by atoms with Crippen molar-refractivity contribution in [2.75, 3.05) is 4.90 Å². The predicted molar refractivity (Wildman–Crippen MR) is 235 cm³/mol. The third-order valence-electron chi connectivity index (χ3n) is 10.8. The summed E-state index contributed by atoms with van der Waals surface area (Å²) in [7, 11) is 0. The van der Waals surface area contributed by atoms with Crippen molar-refractivity contribution in [2.24, 2.45) is 0 Å². The van der Waals surface area contributed by atoms with E-state index in [0.29, 0.717) is 0 Å². The molecular weight excluding hydrogens is 663 g/mol. The fourth-order valence-corrected chi connectivity index (χ4v) is 8.19. The van der Waals surface area contributed by atoms with Crippen LogP contribution < -0.4 is 4.90 Å². The summed E-state index contributed by atoms with van der Waals surface area (Å²) in [6.45, 7) is 0. The molecule has 0 saturated heterocycles. The zero-order valence-electron chi connectivity index (χ0n) is 30.3. The highest BCUT2D eigenvalue weighted by Crippen LogP contribution is 2.45. The van der Waals surface area contributed by atoms with E-state index < -0.39 is 0 Å². The van der Waals surface area contributed by atoms with Gasteiger partial charge in [-0.05, 0) is 114 Å². The van der Waals surface area contributed by atoms with Crippen LogP contribution in [-0.2, 0) is 0 Å². The molecule has 0 saturated carbocycles. The van der Waals surface area contributed by atoms with E-state index in [-0.39, 0.29) is 0 Å². The van der Waals surface area contributed by atoms with Gasteiger partial charge >= 0.3 is 0 Å². The lowest BCUT2D eigenvalue weighted by atomic mass is 9.91. The molecule has 0 amide bonds. The van der Waals surface area contributed by atoms with Gasteiger partial charge < -0.3 is 4.90 Å². The van der Waals surface area contributed by atoms with Crippen molar-refractivity contribution in [2.45, 2.75) is 0 Å². The summed E-state index contributed by atoms with van der Waals surface area (Å²) in [6.07, 6.45) is 0. The molecule has 0 unspecified atom stereocenters. The van der Waals surface area contributed by atoms with Crippen LogP contribution in [0.5, 0.6) is 0 Å². The van der Waals surface area contributed by atoms with Crippen LogP contribution in [0.15, 0.2) is 224 Å². The predicted octanol–water partition coefficient (Wildman–Crippen LogP) is 15.3. The van der Waals surface area contributed by atoms with Crippen LogP contribution in [-0.4, -0.2) is 0 Å². The van der Waals surface area contributed by atoms with Crippen molar-refractivity contribution in [3.63, 3.8) is 0 Å². The van der Waals surface area contributed by atoms with Crippen molar-refractivity contribution in [1.82, 2.24) is 0 Å². The minimum absolute atomic E-state index is 1.09. The second-order valence-corrected chi connectivity index (χ2v) is 14.1. The Balaban J connectivity index is 1.18. The average molecular weight is 700 g/mol. The molecule has 55 heavy (non-hydrogen) atoms. The largest absolute Gasteiger partial charge is 0.310 e. The highest BCUT2D eigenvalue weighted by Gasteiger charge is 2.20. The number of fused-ring (bicyclic) bond motifs is 4. The van der Waals surface area contributed by atoms with Gasteiger partial charge in [0.15, 0.2) is 0 Å². The van der Waals surface area contributed by atoms with Gasteiger partial charge in [-0.2, -0.15) is 0 Å². The van der Waals surface area contributed by atoms with E-state index >= 15 is 0 Å². The topological polar surface area (TPSA) is 3.24 Å². The van der Waals surface area contributed by atoms with Crippen LogP contribution in [0, 0.1) is 0 Å². The van der Waals surface area contributed by atoms with Gasteiger partial charge in [0.1, 0.15) is 0 Å². The molecule has 0 radical (unpaired) electrons. The summed E-state index contributed by atoms with van der Waals surface area (Å²) in [5, 5.41) is 7.55. The first-order valence-corrected chi connectivity index (χ1v) is 18.9. The average Bonchev–Trinajstić information content (AvgIpc) is 3.27. The minimum atomic E-state index is 1.09. The highest BCUT2D eigenvalue weighted by molar-refractivity contribution is 6.14. The van der Waals surface area contributed by atoms with Gasteiger partial charge in [0.05, 0.1) is 5.69 Å². The van der Waals surface area contributed by atoms with Crippen LogP contribution in [0.3, 0.4) is 0 Å². The summed E-state index contributed by atoms with van der Waals surface area (Å²) < 4.78 is 0. The van der Waals surface area contributed by atoms with Gasteiger partial charge in [-0.1, -0.05) is 182 Å². The van der Waals surface area contributed by atoms with Crippen LogP contribution in [0.2, 0.25) is 0 Å². The molecule has 0 heterocycles. The standard InChI is InChI=1S/C54H37N/c1-3-15-38(16-4-1)42-22-13-23-46(35-42)55(45-32-29-41(30-33-45)48-28-14-21-39-19-7-9-24-47(39)48)54-34-31-44(37-53(54)40-17-5-2-6-18-40)52-36-43-20-8-10-25-49(43)50-26-11-12-27-51(50)52/h1-37H. The van der Waals surface area contributed by atoms with E-state index in [1.807, 2.05) is 0 Å². The molecule has 0 aromatic heterocycles. The Hall–Kier alpha value is -7.22. The Morgan fingerprint density at radius 3 is 1.58 bits per heavy atom. The van der Waals surface area contributed by atoms with Crippen molar-refractivity contribution in [3.05, 3.63) is 224 Å². The Labute approximate surface area is 322 Å². The lowest BCUT2D eigenvalue weighted by Crippen LogP contribution is -2.11. The molecule has 0 spiro atoms. The number of hydrogen-bond donors (Lipinski definition) is 0. The Kier molecular flexibility index (Phi) is 8.24. The van der Waals surface area contributed by atoms with E-state index in [2.05, 4.69) is 229 Å². The maximum absolute atomic E-state index is 2.42. The number of hydrogen-bond acceptors (Lipinski definition) is 1. The molecule has 1 nitrogen and oxygen atoms in total. The Morgan fingerprint density at radius 1 is 0.236 bits per heavy atom. The first kappa shape index (κ1) is 32.4. The summed E-state index contributed by atoms with van der Waals surface area (Å²) in [5.41, 5.74) is 12.9. The van der Waals surface area contributed by atoms with E-state index in [1.165, 1.54) is 76.8 Å². The van der Waals surface area contributed by atoms with Crippen molar-refractivity contribution >= 4 is 49.4 Å². The normalized spacial score (nSPS) is 11.3. The number of benzene rings is 10. The fraction of sp³-hybridized carbons (Fsp3) is 0. The molecule has 1 heteroatoms. The maximum Gasteiger partial charge on any atom is 0.0540 e. The first-order chi connectivity index (χ1) is 27.3. The minimum Gasteiger partial charge on any atom is -0.310 e. The number of nitrogens with zero attached hydrogens (tertiary/aromatic N) is 1. The fourth-order valence-electron chi connectivity index (χ4n) is 8.19. The van der Waals surface area contributed by atoms with E-state index in [0.717, 1.165) is 17.1 Å². The van der Waals surface area contributed by atoms with Gasteiger partial charge in [-0.25, -0.2) is 0 Å².